The number of amides is 1. The van der Waals surface area contributed by atoms with E-state index >= 15 is 0 Å². The van der Waals surface area contributed by atoms with Crippen LogP contribution in [-0.2, 0) is 4.74 Å². The van der Waals surface area contributed by atoms with Crippen LogP contribution in [0.2, 0.25) is 0 Å². The Morgan fingerprint density at radius 3 is 2.26 bits per heavy atom. The molecule has 0 aliphatic rings. The Kier molecular flexibility index (Phi) is 5.05. The predicted octanol–water partition coefficient (Wildman–Crippen LogP) is 3.47. The molecule has 0 bridgehead atoms. The lowest BCUT2D eigenvalue weighted by Crippen LogP contribution is -2.15. The largest absolute Gasteiger partial charge is 0.465 e. The smallest absolute Gasteiger partial charge is 0.341 e. The fourth-order valence-electron chi connectivity index (χ4n) is 2.15. The molecule has 1 N–H and O–H groups in total. The normalized spacial score (nSPS) is 10.3. The Bertz CT molecular complexity index is 733. The summed E-state index contributed by atoms with van der Waals surface area (Å²) in [6, 6.07) is 7.27. The molecule has 0 atom stereocenters. The molecule has 5 nitrogen and oxygen atoms in total. The van der Waals surface area contributed by atoms with E-state index in [0.717, 1.165) is 16.1 Å². The van der Waals surface area contributed by atoms with Crippen LogP contribution in [0.5, 0.6) is 0 Å². The fourth-order valence-corrected chi connectivity index (χ4v) is 3.19. The van der Waals surface area contributed by atoms with Gasteiger partial charge in [0.1, 0.15) is 5.00 Å². The molecular weight excluding hydrogens is 312 g/mol. The van der Waals surface area contributed by atoms with Crippen LogP contribution in [0, 0.1) is 13.8 Å². The standard InChI is InChI=1S/C17H20N2O3S/c1-10-11(2)23-16(14(10)17(21)22-5)18-15(20)12-6-8-13(9-7-12)19(3)4/h6-9H,1-5H3,(H,18,20). The van der Waals surface area contributed by atoms with Crippen molar-refractivity contribution in [3.63, 3.8) is 0 Å². The highest BCUT2D eigenvalue weighted by molar-refractivity contribution is 7.16. The van der Waals surface area contributed by atoms with Crippen molar-refractivity contribution in [2.75, 3.05) is 31.4 Å². The van der Waals surface area contributed by atoms with E-state index in [-0.39, 0.29) is 5.91 Å². The molecule has 0 spiro atoms. The van der Waals surface area contributed by atoms with Crippen LogP contribution in [-0.4, -0.2) is 33.1 Å². The van der Waals surface area contributed by atoms with Crippen molar-refractivity contribution in [1.82, 2.24) is 0 Å². The summed E-state index contributed by atoms with van der Waals surface area (Å²) in [6.07, 6.45) is 0. The van der Waals surface area contributed by atoms with E-state index in [0.29, 0.717) is 16.1 Å². The molecule has 0 saturated carbocycles. The zero-order valence-corrected chi connectivity index (χ0v) is 14.7. The van der Waals surface area contributed by atoms with Gasteiger partial charge in [-0.05, 0) is 43.7 Å². The van der Waals surface area contributed by atoms with Crippen LogP contribution >= 0.6 is 11.3 Å². The van der Waals surface area contributed by atoms with Gasteiger partial charge in [0.05, 0.1) is 12.7 Å². The molecule has 122 valence electrons. The van der Waals surface area contributed by atoms with Crippen LogP contribution in [0.4, 0.5) is 10.7 Å². The van der Waals surface area contributed by atoms with Crippen molar-refractivity contribution in [2.24, 2.45) is 0 Å². The minimum absolute atomic E-state index is 0.248. The SMILES string of the molecule is COC(=O)c1c(NC(=O)c2ccc(N(C)C)cc2)sc(C)c1C. The Morgan fingerprint density at radius 2 is 1.74 bits per heavy atom. The number of esters is 1. The minimum atomic E-state index is -0.440. The lowest BCUT2D eigenvalue weighted by atomic mass is 10.1. The van der Waals surface area contributed by atoms with E-state index in [9.17, 15) is 9.59 Å². The summed E-state index contributed by atoms with van der Waals surface area (Å²) >= 11 is 1.37. The van der Waals surface area contributed by atoms with Crippen LogP contribution in [0.25, 0.3) is 0 Å². The number of hydrogen-bond acceptors (Lipinski definition) is 5. The predicted molar refractivity (Wildman–Crippen MR) is 93.9 cm³/mol. The molecule has 23 heavy (non-hydrogen) atoms. The Labute approximate surface area is 139 Å². The van der Waals surface area contributed by atoms with E-state index in [4.69, 9.17) is 4.74 Å². The van der Waals surface area contributed by atoms with E-state index in [1.165, 1.54) is 18.4 Å². The van der Waals surface area contributed by atoms with Gasteiger partial charge in [-0.2, -0.15) is 0 Å². The molecule has 0 radical (unpaired) electrons. The van der Waals surface area contributed by atoms with Gasteiger partial charge < -0.3 is 15.0 Å². The van der Waals surface area contributed by atoms with Crippen molar-refractivity contribution in [3.8, 4) is 0 Å². The third-order valence-electron chi connectivity index (χ3n) is 3.65. The molecule has 0 saturated heterocycles. The van der Waals surface area contributed by atoms with Gasteiger partial charge in [-0.15, -0.1) is 11.3 Å². The first-order valence-corrected chi connectivity index (χ1v) is 7.93. The zero-order valence-electron chi connectivity index (χ0n) is 13.9. The quantitative estimate of drug-likeness (QED) is 0.871. The second-order valence-corrected chi connectivity index (χ2v) is 6.60. The summed E-state index contributed by atoms with van der Waals surface area (Å²) < 4.78 is 4.81. The number of hydrogen-bond donors (Lipinski definition) is 1. The van der Waals surface area contributed by atoms with Crippen molar-refractivity contribution in [1.29, 1.82) is 0 Å². The maximum atomic E-state index is 12.4. The molecule has 0 unspecified atom stereocenters. The van der Waals surface area contributed by atoms with E-state index in [1.807, 2.05) is 45.0 Å². The molecule has 2 aromatic rings. The van der Waals surface area contributed by atoms with E-state index in [1.54, 1.807) is 12.1 Å². The maximum Gasteiger partial charge on any atom is 0.341 e. The first-order chi connectivity index (χ1) is 10.8. The molecule has 1 heterocycles. The van der Waals surface area contributed by atoms with Gasteiger partial charge in [-0.1, -0.05) is 0 Å². The monoisotopic (exact) mass is 332 g/mol. The number of carbonyl (C=O) groups is 2. The Morgan fingerprint density at radius 1 is 1.13 bits per heavy atom. The summed E-state index contributed by atoms with van der Waals surface area (Å²) in [5, 5.41) is 3.34. The lowest BCUT2D eigenvalue weighted by molar-refractivity contribution is 0.0601. The van der Waals surface area contributed by atoms with Crippen LogP contribution in [0.3, 0.4) is 0 Å². The van der Waals surface area contributed by atoms with Gasteiger partial charge in [0.15, 0.2) is 0 Å². The maximum absolute atomic E-state index is 12.4. The minimum Gasteiger partial charge on any atom is -0.465 e. The van der Waals surface area contributed by atoms with Gasteiger partial charge in [0.2, 0.25) is 0 Å². The highest BCUT2D eigenvalue weighted by Crippen LogP contribution is 2.33. The van der Waals surface area contributed by atoms with Crippen molar-refractivity contribution in [2.45, 2.75) is 13.8 Å². The molecule has 1 aromatic carbocycles. The average molecular weight is 332 g/mol. The summed E-state index contributed by atoms with van der Waals surface area (Å²) in [5.74, 6) is -0.688. The van der Waals surface area contributed by atoms with Gasteiger partial charge in [-0.25, -0.2) is 4.79 Å². The highest BCUT2D eigenvalue weighted by Gasteiger charge is 2.21. The van der Waals surface area contributed by atoms with Gasteiger partial charge in [0.25, 0.3) is 5.91 Å². The number of rotatable bonds is 4. The van der Waals surface area contributed by atoms with Gasteiger partial charge in [0, 0.05) is 30.2 Å². The average Bonchev–Trinajstić information content (AvgIpc) is 2.81. The van der Waals surface area contributed by atoms with Crippen molar-refractivity contribution < 1.29 is 14.3 Å². The number of methoxy groups -OCH3 is 1. The number of nitrogens with one attached hydrogen (secondary N) is 1. The second-order valence-electron chi connectivity index (χ2n) is 5.37. The number of nitrogens with zero attached hydrogens (tertiary/aromatic N) is 1. The fraction of sp³-hybridized carbons (Fsp3) is 0.294. The number of aryl methyl sites for hydroxylation is 1. The molecule has 0 fully saturated rings. The van der Waals surface area contributed by atoms with Crippen LogP contribution in [0.1, 0.15) is 31.2 Å². The van der Waals surface area contributed by atoms with E-state index in [2.05, 4.69) is 5.32 Å². The number of benzene rings is 1. The van der Waals surface area contributed by atoms with Crippen LogP contribution in [0.15, 0.2) is 24.3 Å². The van der Waals surface area contributed by atoms with Crippen molar-refractivity contribution in [3.05, 3.63) is 45.8 Å². The highest BCUT2D eigenvalue weighted by atomic mass is 32.1. The molecular formula is C17H20N2O3S. The molecule has 0 aliphatic carbocycles. The molecule has 6 heteroatoms. The molecule has 1 aromatic heterocycles. The number of thiophene rings is 1. The topological polar surface area (TPSA) is 58.6 Å². The lowest BCUT2D eigenvalue weighted by Gasteiger charge is -2.12. The Hall–Kier alpha value is -2.34. The number of anilines is 2. The Balaban J connectivity index is 2.27. The van der Waals surface area contributed by atoms with Crippen molar-refractivity contribution >= 4 is 33.9 Å². The molecule has 0 aliphatic heterocycles. The first-order valence-electron chi connectivity index (χ1n) is 7.12. The number of ether oxygens (including phenoxy) is 1. The first kappa shape index (κ1) is 17.0. The third-order valence-corrected chi connectivity index (χ3v) is 4.77. The zero-order chi connectivity index (χ0) is 17.1. The van der Waals surface area contributed by atoms with Crippen LogP contribution < -0.4 is 10.2 Å². The summed E-state index contributed by atoms with van der Waals surface area (Å²) in [5.41, 5.74) is 2.81. The number of carbonyl (C=O) groups excluding carboxylic acids is 2. The second kappa shape index (κ2) is 6.83. The van der Waals surface area contributed by atoms with Gasteiger partial charge in [-0.3, -0.25) is 4.79 Å². The molecule has 2 rings (SSSR count). The molecule has 1 amide bonds. The summed E-state index contributed by atoms with van der Waals surface area (Å²) in [4.78, 5) is 27.3. The summed E-state index contributed by atoms with van der Waals surface area (Å²) in [7, 11) is 5.21. The third kappa shape index (κ3) is 3.53. The van der Waals surface area contributed by atoms with Gasteiger partial charge >= 0.3 is 5.97 Å². The summed E-state index contributed by atoms with van der Waals surface area (Å²) in [6.45, 7) is 3.76. The van der Waals surface area contributed by atoms with E-state index < -0.39 is 5.97 Å².